The number of halogens is 3. The number of nitrogens with zero attached hydrogens (tertiary/aromatic N) is 2. The van der Waals surface area contributed by atoms with Crippen LogP contribution in [0.5, 0.6) is 0 Å². The molecule has 4 heterocycles. The Balaban J connectivity index is 1.19. The number of alkyl halides is 2. The molecule has 5 rings (SSSR count). The number of fused-ring (bicyclic) bond motifs is 1. The number of unbranched alkanes of at least 4 members (excludes halogenated alkanes) is 1. The van der Waals surface area contributed by atoms with Crippen molar-refractivity contribution in [1.29, 1.82) is 0 Å². The summed E-state index contributed by atoms with van der Waals surface area (Å²) in [4.78, 5) is 19.3. The molecule has 0 bridgehead atoms. The number of pyridine rings is 1. The smallest absolute Gasteiger partial charge is 0.327 e. The fraction of sp³-hybridized carbons (Fsp3) is 0.613. The number of nitrogens with one attached hydrogen (secondary N) is 1. The van der Waals surface area contributed by atoms with Gasteiger partial charge in [-0.2, -0.15) is 0 Å². The first-order valence-electron chi connectivity index (χ1n) is 14.7. The molecule has 1 aromatic heterocycles. The molecule has 41 heavy (non-hydrogen) atoms. The number of carbonyl (C=O) groups excluding carboxylic acids is 1. The maximum absolute atomic E-state index is 15.4. The van der Waals surface area contributed by atoms with E-state index in [1.54, 1.807) is 11.0 Å². The van der Waals surface area contributed by atoms with Crippen LogP contribution in [0.3, 0.4) is 0 Å². The molecule has 3 aliphatic heterocycles. The minimum absolute atomic E-state index is 0.0259. The van der Waals surface area contributed by atoms with E-state index in [9.17, 15) is 9.18 Å². The summed E-state index contributed by atoms with van der Waals surface area (Å²) in [5.74, 6) is -3.95. The van der Waals surface area contributed by atoms with E-state index in [1.807, 2.05) is 6.07 Å². The molecule has 10 heteroatoms. The Kier molecular flexibility index (Phi) is 9.83. The molecule has 224 valence electrons. The number of methoxy groups -OCH3 is 1. The zero-order valence-corrected chi connectivity index (χ0v) is 23.7. The number of esters is 1. The average Bonchev–Trinajstić information content (AvgIpc) is 3.68. The number of hydrogen-bond donors (Lipinski definition) is 1. The molecule has 0 amide bonds. The van der Waals surface area contributed by atoms with Gasteiger partial charge in [-0.15, -0.1) is 0 Å². The van der Waals surface area contributed by atoms with Crippen LogP contribution in [0.2, 0.25) is 0 Å². The zero-order valence-electron chi connectivity index (χ0n) is 23.7. The van der Waals surface area contributed by atoms with Crippen molar-refractivity contribution < 1.29 is 32.2 Å². The maximum atomic E-state index is 15.4. The molecule has 2 fully saturated rings. The summed E-state index contributed by atoms with van der Waals surface area (Å²) >= 11 is 0. The fourth-order valence-electron chi connectivity index (χ4n) is 6.16. The van der Waals surface area contributed by atoms with E-state index < -0.39 is 29.7 Å². The Morgan fingerprint density at radius 1 is 1.24 bits per heavy atom. The van der Waals surface area contributed by atoms with Gasteiger partial charge < -0.3 is 19.5 Å². The van der Waals surface area contributed by atoms with E-state index in [0.717, 1.165) is 30.9 Å². The van der Waals surface area contributed by atoms with Gasteiger partial charge in [0.25, 0.3) is 5.92 Å². The van der Waals surface area contributed by atoms with Crippen LogP contribution in [0.1, 0.15) is 67.0 Å². The third-order valence-electron chi connectivity index (χ3n) is 8.55. The van der Waals surface area contributed by atoms with Gasteiger partial charge in [0.15, 0.2) is 0 Å². The highest BCUT2D eigenvalue weighted by molar-refractivity contribution is 5.78. The summed E-state index contributed by atoms with van der Waals surface area (Å²) < 4.78 is 62.0. The number of rotatable bonds is 12. The second kappa shape index (κ2) is 13.5. The molecule has 7 nitrogen and oxygen atoms in total. The minimum atomic E-state index is -2.88. The molecule has 1 unspecified atom stereocenters. The quantitative estimate of drug-likeness (QED) is 0.266. The van der Waals surface area contributed by atoms with Gasteiger partial charge in [0.2, 0.25) is 0 Å². The number of anilines is 1. The number of benzene rings is 1. The molecule has 3 aliphatic rings. The molecule has 1 N–H and O–H groups in total. The molecule has 0 radical (unpaired) electrons. The summed E-state index contributed by atoms with van der Waals surface area (Å²) in [7, 11) is 1.26. The number of aryl methyl sites for hydroxylation is 2. The van der Waals surface area contributed by atoms with E-state index >= 15 is 8.78 Å². The van der Waals surface area contributed by atoms with Gasteiger partial charge in [0.1, 0.15) is 17.7 Å². The first-order valence-corrected chi connectivity index (χ1v) is 14.7. The summed E-state index contributed by atoms with van der Waals surface area (Å²) in [6, 6.07) is 7.60. The number of likely N-dealkylation sites (tertiary alicyclic amines) is 1. The lowest BCUT2D eigenvalue weighted by Gasteiger charge is -2.29. The Labute approximate surface area is 239 Å². The lowest BCUT2D eigenvalue weighted by Crippen LogP contribution is -2.37. The van der Waals surface area contributed by atoms with Gasteiger partial charge in [-0.3, -0.25) is 4.90 Å². The van der Waals surface area contributed by atoms with Crippen LogP contribution in [0, 0.1) is 11.7 Å². The molecular formula is C31H40F3N3O4. The second-order valence-electron chi connectivity index (χ2n) is 11.3. The number of ether oxygens (including phenoxy) is 3. The Bertz CT molecular complexity index is 1190. The Morgan fingerprint density at radius 3 is 2.93 bits per heavy atom. The highest BCUT2D eigenvalue weighted by Crippen LogP contribution is 2.40. The van der Waals surface area contributed by atoms with Crippen molar-refractivity contribution in [2.75, 3.05) is 45.3 Å². The summed E-state index contributed by atoms with van der Waals surface area (Å²) in [6.45, 7) is 2.22. The first-order chi connectivity index (χ1) is 19.9. The number of carbonyl (C=O) groups is 1. The molecule has 0 aliphatic carbocycles. The monoisotopic (exact) mass is 575 g/mol. The molecule has 0 saturated carbocycles. The van der Waals surface area contributed by atoms with E-state index in [-0.39, 0.29) is 37.7 Å². The maximum Gasteiger partial charge on any atom is 0.327 e. The Morgan fingerprint density at radius 2 is 2.12 bits per heavy atom. The third-order valence-corrected chi connectivity index (χ3v) is 8.55. The normalized spacial score (nSPS) is 21.9. The van der Waals surface area contributed by atoms with Crippen molar-refractivity contribution in [2.24, 2.45) is 5.92 Å². The predicted molar refractivity (Wildman–Crippen MR) is 148 cm³/mol. The van der Waals surface area contributed by atoms with Gasteiger partial charge in [-0.05, 0) is 74.8 Å². The largest absolute Gasteiger partial charge is 0.468 e. The highest BCUT2D eigenvalue weighted by Gasteiger charge is 2.46. The van der Waals surface area contributed by atoms with Gasteiger partial charge in [0, 0.05) is 43.3 Å². The minimum Gasteiger partial charge on any atom is -0.468 e. The fourth-order valence-corrected chi connectivity index (χ4v) is 6.16. The molecule has 2 aromatic rings. The van der Waals surface area contributed by atoms with Crippen molar-refractivity contribution in [3.8, 4) is 0 Å². The number of aromatic nitrogens is 1. The average molecular weight is 576 g/mol. The van der Waals surface area contributed by atoms with Crippen LogP contribution in [0.15, 0.2) is 30.3 Å². The standard InChI is InChI=1S/C31H40F3N3O4/c1-39-30(38)28(25-8-4-9-27(32)26(25)20-41-24-13-17-40-19-24)37-16-12-22(18-37)31(33,34)14-3-2-7-23-11-10-21-6-5-15-35-29(21)36-23/h4,8-11,22,24,28H,2-3,5-7,12-20H2,1H3,(H,35,36)/t22?,24-,28+/m1/s1. The lowest BCUT2D eigenvalue weighted by atomic mass is 9.94. The predicted octanol–water partition coefficient (Wildman–Crippen LogP) is 5.47. The summed E-state index contributed by atoms with van der Waals surface area (Å²) in [5.41, 5.74) is 2.77. The van der Waals surface area contributed by atoms with E-state index in [2.05, 4.69) is 16.4 Å². The van der Waals surface area contributed by atoms with E-state index in [1.165, 1.54) is 24.8 Å². The van der Waals surface area contributed by atoms with Crippen LogP contribution >= 0.6 is 0 Å². The van der Waals surface area contributed by atoms with Crippen molar-refractivity contribution in [1.82, 2.24) is 9.88 Å². The van der Waals surface area contributed by atoms with Crippen LogP contribution in [0.25, 0.3) is 0 Å². The molecular weight excluding hydrogens is 535 g/mol. The molecule has 0 spiro atoms. The van der Waals surface area contributed by atoms with Gasteiger partial charge >= 0.3 is 5.97 Å². The first kappa shape index (κ1) is 29.8. The van der Waals surface area contributed by atoms with Crippen molar-refractivity contribution in [3.05, 3.63) is 58.5 Å². The van der Waals surface area contributed by atoms with Crippen molar-refractivity contribution >= 4 is 11.8 Å². The van der Waals surface area contributed by atoms with Crippen LogP contribution in [0.4, 0.5) is 19.0 Å². The topological polar surface area (TPSA) is 72.9 Å². The van der Waals surface area contributed by atoms with Crippen molar-refractivity contribution in [3.63, 3.8) is 0 Å². The summed E-state index contributed by atoms with van der Waals surface area (Å²) in [5, 5.41) is 3.32. The second-order valence-corrected chi connectivity index (χ2v) is 11.3. The van der Waals surface area contributed by atoms with E-state index in [4.69, 9.17) is 14.2 Å². The van der Waals surface area contributed by atoms with Crippen LogP contribution in [-0.4, -0.2) is 67.8 Å². The Hall–Kier alpha value is -2.69. The number of hydrogen-bond acceptors (Lipinski definition) is 7. The SMILES string of the molecule is COC(=O)[C@H](c1cccc(F)c1CO[C@@H]1CCOC1)N1CCC(C(F)(F)CCCCc2ccc3c(n2)NCCC3)C1. The lowest BCUT2D eigenvalue weighted by molar-refractivity contribution is -0.147. The van der Waals surface area contributed by atoms with Gasteiger partial charge in [-0.1, -0.05) is 18.2 Å². The van der Waals surface area contributed by atoms with Crippen molar-refractivity contribution in [2.45, 2.75) is 76.0 Å². The summed E-state index contributed by atoms with van der Waals surface area (Å²) in [6.07, 6.45) is 4.37. The van der Waals surface area contributed by atoms with E-state index in [0.29, 0.717) is 51.0 Å². The van der Waals surface area contributed by atoms with Gasteiger partial charge in [0.05, 0.1) is 26.4 Å². The third kappa shape index (κ3) is 7.21. The van der Waals surface area contributed by atoms with Crippen LogP contribution < -0.4 is 5.32 Å². The molecule has 2 saturated heterocycles. The van der Waals surface area contributed by atoms with Gasteiger partial charge in [-0.25, -0.2) is 22.9 Å². The molecule has 3 atom stereocenters. The zero-order chi connectivity index (χ0) is 28.8. The highest BCUT2D eigenvalue weighted by atomic mass is 19.3. The van der Waals surface area contributed by atoms with Crippen LogP contribution in [-0.2, 0) is 38.5 Å². The molecule has 1 aromatic carbocycles.